The predicted molar refractivity (Wildman–Crippen MR) is 109 cm³/mol. The van der Waals surface area contributed by atoms with E-state index in [-0.39, 0.29) is 29.7 Å². The molecule has 10 heteroatoms. The molecule has 1 aliphatic rings. The summed E-state index contributed by atoms with van der Waals surface area (Å²) in [5.41, 5.74) is 0.774. The van der Waals surface area contributed by atoms with Crippen LogP contribution in [0.1, 0.15) is 25.3 Å². The zero-order valence-electron chi connectivity index (χ0n) is 18.0. The Bertz CT molecular complexity index is 735. The molecule has 1 aliphatic heterocycles. The van der Waals surface area contributed by atoms with Crippen LogP contribution in [0.4, 0.5) is 13.2 Å². The molecule has 0 spiro atoms. The molecule has 0 radical (unpaired) electrons. The third kappa shape index (κ3) is 8.64. The van der Waals surface area contributed by atoms with E-state index in [0.717, 1.165) is 12.0 Å². The number of halogens is 3. The summed E-state index contributed by atoms with van der Waals surface area (Å²) in [4.78, 5) is 28.1. The summed E-state index contributed by atoms with van der Waals surface area (Å²) in [5.74, 6) is 0.211. The summed E-state index contributed by atoms with van der Waals surface area (Å²) in [5, 5.41) is 2.84. The number of hydrogen-bond acceptors (Lipinski definition) is 5. The molecule has 2 amide bonds. The summed E-state index contributed by atoms with van der Waals surface area (Å²) in [6, 6.07) is 4.65. The maximum Gasteiger partial charge on any atom is 0.422 e. The Kier molecular flexibility index (Phi) is 9.42. The summed E-state index contributed by atoms with van der Waals surface area (Å²) >= 11 is 0. The Hall–Kier alpha value is -2.49. The maximum absolute atomic E-state index is 12.5. The quantitative estimate of drug-likeness (QED) is 0.598. The molecule has 174 valence electrons. The van der Waals surface area contributed by atoms with E-state index in [4.69, 9.17) is 9.47 Å². The summed E-state index contributed by atoms with van der Waals surface area (Å²) < 4.78 is 46.9. The lowest BCUT2D eigenvalue weighted by molar-refractivity contribution is -0.153. The molecule has 1 N–H and O–H groups in total. The molecule has 1 aromatic carbocycles. The van der Waals surface area contributed by atoms with Crippen LogP contribution in [-0.2, 0) is 16.0 Å². The number of carbonyl (C=O) groups excluding carboxylic acids is 2. The van der Waals surface area contributed by atoms with Gasteiger partial charge in [-0.15, -0.1) is 0 Å². The number of hydrogen-bond donors (Lipinski definition) is 1. The normalized spacial score (nSPS) is 14.9. The Morgan fingerprint density at radius 3 is 2.45 bits per heavy atom. The van der Waals surface area contributed by atoms with Crippen LogP contribution in [0.3, 0.4) is 0 Å². The number of nitrogens with one attached hydrogen (secondary N) is 1. The minimum Gasteiger partial charge on any atom is -0.493 e. The second kappa shape index (κ2) is 11.8. The van der Waals surface area contributed by atoms with Gasteiger partial charge >= 0.3 is 6.18 Å². The fraction of sp³-hybridized carbons (Fsp3) is 0.619. The number of rotatable bonds is 10. The molecule has 1 fully saturated rings. The second-order valence-corrected chi connectivity index (χ2v) is 7.40. The van der Waals surface area contributed by atoms with E-state index in [1.165, 1.54) is 13.2 Å². The first-order valence-corrected chi connectivity index (χ1v) is 10.3. The zero-order chi connectivity index (χ0) is 22.9. The number of alkyl halides is 3. The molecule has 1 saturated heterocycles. The van der Waals surface area contributed by atoms with Crippen LogP contribution < -0.4 is 14.8 Å². The first-order valence-electron chi connectivity index (χ1n) is 10.3. The van der Waals surface area contributed by atoms with Gasteiger partial charge in [0, 0.05) is 39.1 Å². The fourth-order valence-corrected chi connectivity index (χ4v) is 3.23. The summed E-state index contributed by atoms with van der Waals surface area (Å²) in [6.07, 6.45) is -2.82. The summed E-state index contributed by atoms with van der Waals surface area (Å²) in [6.45, 7) is 4.02. The molecule has 31 heavy (non-hydrogen) atoms. The first-order chi connectivity index (χ1) is 14.7. The number of benzene rings is 1. The Morgan fingerprint density at radius 2 is 1.84 bits per heavy atom. The van der Waals surface area contributed by atoms with E-state index in [0.29, 0.717) is 45.7 Å². The third-order valence-corrected chi connectivity index (χ3v) is 4.91. The standard InChI is InChI=1S/C21H30F3N3O4/c1-3-8-25-19(28)14-26-9-11-27(12-10-26)20(29)7-5-16-4-6-17(18(13-16)30-2)31-15-21(22,23)24/h4,6,13H,3,5,7-12,14-15H2,1-2H3,(H,25,28). The Balaban J connectivity index is 1.79. The highest BCUT2D eigenvalue weighted by atomic mass is 19.4. The van der Waals surface area contributed by atoms with E-state index < -0.39 is 12.8 Å². The molecule has 0 saturated carbocycles. The van der Waals surface area contributed by atoms with Crippen LogP contribution in [-0.4, -0.2) is 80.8 Å². The van der Waals surface area contributed by atoms with Crippen molar-refractivity contribution in [1.29, 1.82) is 0 Å². The van der Waals surface area contributed by atoms with Crippen LogP contribution in [0.2, 0.25) is 0 Å². The topological polar surface area (TPSA) is 71.1 Å². The molecular formula is C21H30F3N3O4. The average Bonchev–Trinajstić information content (AvgIpc) is 2.74. The molecule has 1 aromatic rings. The molecule has 0 aliphatic carbocycles. The van der Waals surface area contributed by atoms with Crippen LogP contribution in [0.25, 0.3) is 0 Å². The first kappa shape index (κ1) is 24.8. The number of ether oxygens (including phenoxy) is 2. The van der Waals surface area contributed by atoms with Gasteiger partial charge in [0.2, 0.25) is 11.8 Å². The van der Waals surface area contributed by atoms with Gasteiger partial charge in [-0.2, -0.15) is 13.2 Å². The highest BCUT2D eigenvalue weighted by Gasteiger charge is 2.29. The van der Waals surface area contributed by atoms with Crippen LogP contribution in [0.15, 0.2) is 18.2 Å². The number of amides is 2. The molecule has 1 heterocycles. The van der Waals surface area contributed by atoms with Crippen molar-refractivity contribution >= 4 is 11.8 Å². The number of methoxy groups -OCH3 is 1. The highest BCUT2D eigenvalue weighted by Crippen LogP contribution is 2.30. The van der Waals surface area contributed by atoms with Gasteiger partial charge in [-0.1, -0.05) is 13.0 Å². The van der Waals surface area contributed by atoms with E-state index in [1.807, 2.05) is 11.8 Å². The minimum atomic E-state index is -4.43. The van der Waals surface area contributed by atoms with Crippen molar-refractivity contribution in [2.75, 3.05) is 53.0 Å². The van der Waals surface area contributed by atoms with Crippen molar-refractivity contribution < 1.29 is 32.2 Å². The van der Waals surface area contributed by atoms with Crippen LogP contribution in [0.5, 0.6) is 11.5 Å². The lowest BCUT2D eigenvalue weighted by atomic mass is 10.1. The average molecular weight is 445 g/mol. The molecule has 0 aromatic heterocycles. The van der Waals surface area contributed by atoms with Crippen LogP contribution >= 0.6 is 0 Å². The van der Waals surface area contributed by atoms with Crippen molar-refractivity contribution in [3.63, 3.8) is 0 Å². The fourth-order valence-electron chi connectivity index (χ4n) is 3.23. The van der Waals surface area contributed by atoms with E-state index in [1.54, 1.807) is 17.0 Å². The van der Waals surface area contributed by atoms with Gasteiger partial charge in [-0.05, 0) is 30.5 Å². The number of piperazine rings is 1. The summed E-state index contributed by atoms with van der Waals surface area (Å²) in [7, 11) is 1.35. The molecular weight excluding hydrogens is 415 g/mol. The van der Waals surface area contributed by atoms with Gasteiger partial charge in [-0.3, -0.25) is 14.5 Å². The zero-order valence-corrected chi connectivity index (χ0v) is 18.0. The van der Waals surface area contributed by atoms with Gasteiger partial charge in [0.25, 0.3) is 0 Å². The second-order valence-electron chi connectivity index (χ2n) is 7.40. The van der Waals surface area contributed by atoms with Crippen molar-refractivity contribution in [1.82, 2.24) is 15.1 Å². The molecule has 7 nitrogen and oxygen atoms in total. The number of aryl methyl sites for hydroxylation is 1. The molecule has 2 rings (SSSR count). The van der Waals surface area contributed by atoms with Gasteiger partial charge < -0.3 is 19.7 Å². The minimum absolute atomic E-state index is 0.00164. The number of carbonyl (C=O) groups is 2. The molecule has 0 bridgehead atoms. The lowest BCUT2D eigenvalue weighted by Gasteiger charge is -2.34. The van der Waals surface area contributed by atoms with Gasteiger partial charge in [0.15, 0.2) is 18.1 Å². The Morgan fingerprint density at radius 1 is 1.13 bits per heavy atom. The van der Waals surface area contributed by atoms with E-state index >= 15 is 0 Å². The van der Waals surface area contributed by atoms with Crippen molar-refractivity contribution in [3.05, 3.63) is 23.8 Å². The lowest BCUT2D eigenvalue weighted by Crippen LogP contribution is -2.51. The van der Waals surface area contributed by atoms with E-state index in [9.17, 15) is 22.8 Å². The smallest absolute Gasteiger partial charge is 0.422 e. The molecule has 0 atom stereocenters. The number of nitrogens with zero attached hydrogens (tertiary/aromatic N) is 2. The largest absolute Gasteiger partial charge is 0.493 e. The van der Waals surface area contributed by atoms with Gasteiger partial charge in [0.05, 0.1) is 13.7 Å². The highest BCUT2D eigenvalue weighted by molar-refractivity contribution is 5.78. The van der Waals surface area contributed by atoms with Crippen molar-refractivity contribution in [2.24, 2.45) is 0 Å². The monoisotopic (exact) mass is 445 g/mol. The predicted octanol–water partition coefficient (Wildman–Crippen LogP) is 2.24. The third-order valence-electron chi connectivity index (χ3n) is 4.91. The van der Waals surface area contributed by atoms with Gasteiger partial charge in [-0.25, -0.2) is 0 Å². The Labute approximate surface area is 180 Å². The van der Waals surface area contributed by atoms with Crippen LogP contribution in [0, 0.1) is 0 Å². The molecule has 0 unspecified atom stereocenters. The van der Waals surface area contributed by atoms with Crippen molar-refractivity contribution in [3.8, 4) is 11.5 Å². The maximum atomic E-state index is 12.5. The SMILES string of the molecule is CCCNC(=O)CN1CCN(C(=O)CCc2ccc(OCC(F)(F)F)c(OC)c2)CC1. The van der Waals surface area contributed by atoms with E-state index in [2.05, 4.69) is 5.32 Å². The van der Waals surface area contributed by atoms with Crippen molar-refractivity contribution in [2.45, 2.75) is 32.4 Å². The van der Waals surface area contributed by atoms with Gasteiger partial charge in [0.1, 0.15) is 0 Å².